The van der Waals surface area contributed by atoms with E-state index in [-0.39, 0.29) is 24.8 Å². The number of thioether (sulfide) groups is 1. The second-order valence-electron chi connectivity index (χ2n) is 4.45. The zero-order valence-electron chi connectivity index (χ0n) is 10.5. The van der Waals surface area contributed by atoms with Crippen molar-refractivity contribution in [2.24, 2.45) is 0 Å². The molecule has 0 saturated carbocycles. The molecule has 6 heteroatoms. The van der Waals surface area contributed by atoms with Crippen LogP contribution in [0.15, 0.2) is 18.2 Å². The highest BCUT2D eigenvalue weighted by Gasteiger charge is 2.29. The minimum atomic E-state index is -0.251. The van der Waals surface area contributed by atoms with Gasteiger partial charge in [0.05, 0.1) is 7.11 Å². The van der Waals surface area contributed by atoms with Crippen molar-refractivity contribution in [1.29, 1.82) is 0 Å². The second-order valence-corrected chi connectivity index (χ2v) is 5.52. The summed E-state index contributed by atoms with van der Waals surface area (Å²) in [4.78, 5) is 11.6. The molecule has 1 aromatic rings. The normalized spacial score (nSPS) is 25.1. The zero-order chi connectivity index (χ0) is 13.2. The van der Waals surface area contributed by atoms with E-state index in [2.05, 4.69) is 5.32 Å². The fourth-order valence-corrected chi connectivity index (χ4v) is 3.37. The zero-order valence-corrected chi connectivity index (χ0v) is 11.4. The highest BCUT2D eigenvalue weighted by atomic mass is 32.2. The van der Waals surface area contributed by atoms with Gasteiger partial charge in [0.25, 0.3) is 0 Å². The van der Waals surface area contributed by atoms with Crippen LogP contribution in [-0.2, 0) is 9.53 Å². The summed E-state index contributed by atoms with van der Waals surface area (Å²) < 4.78 is 15.5. The number of methoxy groups -OCH3 is 1. The molecule has 1 aromatic carbocycles. The van der Waals surface area contributed by atoms with Crippen molar-refractivity contribution in [3.8, 4) is 11.5 Å². The molecule has 1 saturated heterocycles. The number of hydrogen-bond donors (Lipinski definition) is 1. The van der Waals surface area contributed by atoms with Crippen molar-refractivity contribution in [1.82, 2.24) is 5.32 Å². The summed E-state index contributed by atoms with van der Waals surface area (Å²) in [6.07, 6.45) is 0. The number of benzene rings is 1. The maximum Gasteiger partial charge on any atom is 0.323 e. The molecular formula is C13H15NO4S. The Kier molecular flexibility index (Phi) is 3.52. The number of carbonyl (C=O) groups excluding carboxylic acids is 1. The molecule has 2 atom stereocenters. The standard InChI is InChI=1S/C13H15NO4S/c1-16-13(15)10-6-19-5-9(14-10)8-2-3-11-12(4-8)18-7-17-11/h2-4,9-10,14H,5-7H2,1H3. The van der Waals surface area contributed by atoms with Gasteiger partial charge in [-0.15, -0.1) is 0 Å². The van der Waals surface area contributed by atoms with Crippen LogP contribution >= 0.6 is 11.8 Å². The van der Waals surface area contributed by atoms with Crippen LogP contribution in [0.4, 0.5) is 0 Å². The molecule has 2 heterocycles. The Labute approximate surface area is 115 Å². The average molecular weight is 281 g/mol. The average Bonchev–Trinajstić information content (AvgIpc) is 2.94. The lowest BCUT2D eigenvalue weighted by molar-refractivity contribution is -0.142. The van der Waals surface area contributed by atoms with Gasteiger partial charge in [0, 0.05) is 17.5 Å². The number of fused-ring (bicyclic) bond motifs is 1. The summed E-state index contributed by atoms with van der Waals surface area (Å²) >= 11 is 1.75. The van der Waals surface area contributed by atoms with Gasteiger partial charge in [0.1, 0.15) is 6.04 Å². The fraction of sp³-hybridized carbons (Fsp3) is 0.462. The summed E-state index contributed by atoms with van der Waals surface area (Å²) in [6, 6.07) is 5.76. The maximum atomic E-state index is 11.6. The Balaban J connectivity index is 1.76. The minimum Gasteiger partial charge on any atom is -0.468 e. The lowest BCUT2D eigenvalue weighted by Crippen LogP contribution is -2.45. The Bertz CT molecular complexity index is 494. The summed E-state index contributed by atoms with van der Waals surface area (Å²) in [5.74, 6) is 3.00. The molecule has 1 N–H and O–H groups in total. The van der Waals surface area contributed by atoms with Gasteiger partial charge >= 0.3 is 5.97 Å². The first-order valence-electron chi connectivity index (χ1n) is 6.09. The molecule has 0 aromatic heterocycles. The lowest BCUT2D eigenvalue weighted by atomic mass is 10.1. The third kappa shape index (κ3) is 2.50. The van der Waals surface area contributed by atoms with Gasteiger partial charge in [-0.3, -0.25) is 10.1 Å². The van der Waals surface area contributed by atoms with Crippen molar-refractivity contribution in [2.75, 3.05) is 25.4 Å². The molecule has 0 aliphatic carbocycles. The third-order valence-corrected chi connectivity index (χ3v) is 4.39. The van der Waals surface area contributed by atoms with Crippen LogP contribution in [0.1, 0.15) is 11.6 Å². The maximum absolute atomic E-state index is 11.6. The number of ether oxygens (including phenoxy) is 3. The van der Waals surface area contributed by atoms with Crippen molar-refractivity contribution >= 4 is 17.7 Å². The van der Waals surface area contributed by atoms with Crippen molar-refractivity contribution in [3.63, 3.8) is 0 Å². The molecule has 0 spiro atoms. The van der Waals surface area contributed by atoms with E-state index in [0.29, 0.717) is 0 Å². The molecule has 2 aliphatic heterocycles. The summed E-state index contributed by atoms with van der Waals surface area (Å²) in [5.41, 5.74) is 1.10. The van der Waals surface area contributed by atoms with E-state index in [1.54, 1.807) is 11.8 Å². The van der Waals surface area contributed by atoms with E-state index >= 15 is 0 Å². The molecule has 19 heavy (non-hydrogen) atoms. The quantitative estimate of drug-likeness (QED) is 0.826. The molecule has 3 rings (SSSR count). The third-order valence-electron chi connectivity index (χ3n) is 3.26. The predicted molar refractivity (Wildman–Crippen MR) is 71.6 cm³/mol. The second kappa shape index (κ2) is 5.30. The molecule has 0 radical (unpaired) electrons. The van der Waals surface area contributed by atoms with Crippen LogP contribution < -0.4 is 14.8 Å². The monoisotopic (exact) mass is 281 g/mol. The molecular weight excluding hydrogens is 266 g/mol. The van der Waals surface area contributed by atoms with Crippen LogP contribution in [0, 0.1) is 0 Å². The SMILES string of the molecule is COC(=O)C1CSCC(c2ccc3c(c2)OCO3)N1. The first kappa shape index (κ1) is 12.6. The van der Waals surface area contributed by atoms with Crippen molar-refractivity contribution in [2.45, 2.75) is 12.1 Å². The smallest absolute Gasteiger partial charge is 0.323 e. The van der Waals surface area contributed by atoms with Gasteiger partial charge in [-0.1, -0.05) is 6.07 Å². The first-order chi connectivity index (χ1) is 9.28. The van der Waals surface area contributed by atoms with Gasteiger partial charge in [0.2, 0.25) is 6.79 Å². The molecule has 2 unspecified atom stereocenters. The van der Waals surface area contributed by atoms with Gasteiger partial charge < -0.3 is 14.2 Å². The summed E-state index contributed by atoms with van der Waals surface area (Å²) in [7, 11) is 1.42. The number of carbonyl (C=O) groups is 1. The number of esters is 1. The highest BCUT2D eigenvalue weighted by Crippen LogP contribution is 2.35. The van der Waals surface area contributed by atoms with E-state index in [1.807, 2.05) is 18.2 Å². The molecule has 0 bridgehead atoms. The van der Waals surface area contributed by atoms with Crippen molar-refractivity contribution in [3.05, 3.63) is 23.8 Å². The largest absolute Gasteiger partial charge is 0.468 e. The number of rotatable bonds is 2. The van der Waals surface area contributed by atoms with E-state index in [9.17, 15) is 4.79 Å². The van der Waals surface area contributed by atoms with Gasteiger partial charge in [-0.2, -0.15) is 11.8 Å². The van der Waals surface area contributed by atoms with Crippen LogP contribution in [0.3, 0.4) is 0 Å². The molecule has 0 amide bonds. The van der Waals surface area contributed by atoms with Gasteiger partial charge in [-0.25, -0.2) is 0 Å². The summed E-state index contributed by atoms with van der Waals surface area (Å²) in [5, 5.41) is 3.32. The summed E-state index contributed by atoms with van der Waals surface area (Å²) in [6.45, 7) is 0.274. The number of nitrogens with one attached hydrogen (secondary N) is 1. The van der Waals surface area contributed by atoms with E-state index in [0.717, 1.165) is 28.6 Å². The molecule has 1 fully saturated rings. The molecule has 5 nitrogen and oxygen atoms in total. The molecule has 102 valence electrons. The van der Waals surface area contributed by atoms with E-state index < -0.39 is 0 Å². The van der Waals surface area contributed by atoms with Crippen LogP contribution in [-0.4, -0.2) is 37.4 Å². The van der Waals surface area contributed by atoms with Crippen LogP contribution in [0.5, 0.6) is 11.5 Å². The molecule has 2 aliphatic rings. The topological polar surface area (TPSA) is 56.8 Å². The van der Waals surface area contributed by atoms with Crippen molar-refractivity contribution < 1.29 is 19.0 Å². The predicted octanol–water partition coefficient (Wildman–Crippen LogP) is 1.33. The van der Waals surface area contributed by atoms with E-state index in [1.165, 1.54) is 7.11 Å². The minimum absolute atomic E-state index is 0.123. The van der Waals surface area contributed by atoms with Crippen LogP contribution in [0.2, 0.25) is 0 Å². The number of hydrogen-bond acceptors (Lipinski definition) is 6. The fourth-order valence-electron chi connectivity index (χ4n) is 2.24. The Morgan fingerprint density at radius 1 is 1.37 bits per heavy atom. The first-order valence-corrected chi connectivity index (χ1v) is 7.24. The van der Waals surface area contributed by atoms with E-state index in [4.69, 9.17) is 14.2 Å². The van der Waals surface area contributed by atoms with Gasteiger partial charge in [0.15, 0.2) is 11.5 Å². The van der Waals surface area contributed by atoms with Crippen LogP contribution in [0.25, 0.3) is 0 Å². The Morgan fingerprint density at radius 2 is 2.21 bits per heavy atom. The Morgan fingerprint density at radius 3 is 3.05 bits per heavy atom. The lowest BCUT2D eigenvalue weighted by Gasteiger charge is -2.29. The highest BCUT2D eigenvalue weighted by molar-refractivity contribution is 7.99. The van der Waals surface area contributed by atoms with Gasteiger partial charge in [-0.05, 0) is 17.7 Å². The Hall–Kier alpha value is -1.40.